The van der Waals surface area contributed by atoms with Gasteiger partial charge in [-0.15, -0.1) is 0 Å². The van der Waals surface area contributed by atoms with Crippen LogP contribution >= 0.6 is 23.5 Å². The summed E-state index contributed by atoms with van der Waals surface area (Å²) in [6.45, 7) is 2.28. The first-order valence-corrected chi connectivity index (χ1v) is 7.74. The minimum Gasteiger partial charge on any atom is -0.310 e. The van der Waals surface area contributed by atoms with Crippen molar-refractivity contribution >= 4 is 23.5 Å². The second kappa shape index (κ2) is 7.02. The Kier molecular flexibility index (Phi) is 6.33. The van der Waals surface area contributed by atoms with Crippen molar-refractivity contribution in [1.29, 1.82) is 0 Å². The molecule has 0 aliphatic carbocycles. The topological polar surface area (TPSA) is 12.0 Å². The summed E-state index contributed by atoms with van der Waals surface area (Å²) < 4.78 is 0. The number of thioether (sulfide) groups is 2. The van der Waals surface area contributed by atoms with Crippen molar-refractivity contribution in [1.82, 2.24) is 5.32 Å². The lowest BCUT2D eigenvalue weighted by Gasteiger charge is -2.27. The van der Waals surface area contributed by atoms with Crippen LogP contribution in [0.3, 0.4) is 0 Å². The Balaban J connectivity index is 2.18. The maximum Gasteiger partial charge on any atom is 0.0158 e. The van der Waals surface area contributed by atoms with Crippen molar-refractivity contribution in [3.05, 3.63) is 0 Å². The third kappa shape index (κ3) is 4.61. The average molecular weight is 219 g/mol. The fraction of sp³-hybridized carbons (Fsp3) is 1.00. The van der Waals surface area contributed by atoms with Gasteiger partial charge in [-0.25, -0.2) is 0 Å². The minimum atomic E-state index is 0.739. The van der Waals surface area contributed by atoms with Gasteiger partial charge in [0.15, 0.2) is 0 Å². The molecule has 0 aromatic rings. The van der Waals surface area contributed by atoms with E-state index >= 15 is 0 Å². The number of hydrogen-bond acceptors (Lipinski definition) is 3. The first-order valence-electron chi connectivity index (χ1n) is 5.19. The van der Waals surface area contributed by atoms with E-state index in [9.17, 15) is 0 Å². The van der Waals surface area contributed by atoms with Crippen LogP contribution < -0.4 is 5.32 Å². The smallest absolute Gasteiger partial charge is 0.0158 e. The van der Waals surface area contributed by atoms with E-state index in [-0.39, 0.29) is 0 Å². The van der Waals surface area contributed by atoms with E-state index in [1.807, 2.05) is 11.8 Å². The van der Waals surface area contributed by atoms with Crippen LogP contribution in [-0.4, -0.2) is 35.6 Å². The Morgan fingerprint density at radius 3 is 2.69 bits per heavy atom. The average Bonchev–Trinajstić information content (AvgIpc) is 2.19. The van der Waals surface area contributed by atoms with Gasteiger partial charge in [0, 0.05) is 17.8 Å². The maximum absolute atomic E-state index is 3.77. The van der Waals surface area contributed by atoms with Crippen LogP contribution in [0.25, 0.3) is 0 Å². The summed E-state index contributed by atoms with van der Waals surface area (Å²) in [5.41, 5.74) is 0. The first kappa shape index (κ1) is 11.7. The third-order valence-electron chi connectivity index (χ3n) is 2.55. The summed E-state index contributed by atoms with van der Waals surface area (Å²) in [5, 5.41) is 3.77. The highest BCUT2D eigenvalue weighted by molar-refractivity contribution is 7.99. The largest absolute Gasteiger partial charge is 0.310 e. The molecule has 1 aliphatic rings. The molecular formula is C10H21NS2. The van der Waals surface area contributed by atoms with Gasteiger partial charge in [-0.1, -0.05) is 6.92 Å². The molecule has 0 spiro atoms. The van der Waals surface area contributed by atoms with Crippen molar-refractivity contribution < 1.29 is 0 Å². The Hall–Kier alpha value is 0.660. The van der Waals surface area contributed by atoms with E-state index in [2.05, 4.69) is 30.3 Å². The van der Waals surface area contributed by atoms with Crippen molar-refractivity contribution in [2.75, 3.05) is 23.5 Å². The Bertz CT molecular complexity index is 121. The molecule has 1 N–H and O–H groups in total. The van der Waals surface area contributed by atoms with E-state index in [1.54, 1.807) is 0 Å². The highest BCUT2D eigenvalue weighted by Gasteiger charge is 2.16. The van der Waals surface area contributed by atoms with Crippen molar-refractivity contribution in [3.8, 4) is 0 Å². The predicted molar refractivity (Wildman–Crippen MR) is 65.9 cm³/mol. The van der Waals surface area contributed by atoms with Crippen molar-refractivity contribution in [2.45, 2.75) is 38.3 Å². The molecule has 1 nitrogen and oxygen atoms in total. The second-order valence-corrected chi connectivity index (χ2v) is 5.75. The van der Waals surface area contributed by atoms with Crippen molar-refractivity contribution in [3.63, 3.8) is 0 Å². The standard InChI is InChI=1S/C10H21NS2/c1-3-9(8-12-2)11-10-4-6-13-7-5-10/h9-11H,3-8H2,1-2H3. The first-order chi connectivity index (χ1) is 6.36. The summed E-state index contributed by atoms with van der Waals surface area (Å²) in [7, 11) is 0. The van der Waals surface area contributed by atoms with Gasteiger partial charge in [-0.2, -0.15) is 23.5 Å². The monoisotopic (exact) mass is 219 g/mol. The molecule has 0 bridgehead atoms. The molecule has 78 valence electrons. The second-order valence-electron chi connectivity index (χ2n) is 3.61. The Morgan fingerprint density at radius 2 is 2.15 bits per heavy atom. The molecule has 0 radical (unpaired) electrons. The van der Waals surface area contributed by atoms with E-state index in [4.69, 9.17) is 0 Å². The van der Waals surface area contributed by atoms with Crippen molar-refractivity contribution in [2.24, 2.45) is 0 Å². The fourth-order valence-corrected chi connectivity index (χ4v) is 3.52. The molecule has 1 fully saturated rings. The lowest BCUT2D eigenvalue weighted by atomic mass is 10.1. The Morgan fingerprint density at radius 1 is 1.46 bits per heavy atom. The van der Waals surface area contributed by atoms with Gasteiger partial charge < -0.3 is 5.32 Å². The van der Waals surface area contributed by atoms with E-state index < -0.39 is 0 Å². The highest BCUT2D eigenvalue weighted by Crippen LogP contribution is 2.18. The van der Waals surface area contributed by atoms with Gasteiger partial charge in [-0.05, 0) is 37.0 Å². The van der Waals surface area contributed by atoms with Gasteiger partial charge in [0.2, 0.25) is 0 Å². The van der Waals surface area contributed by atoms with Gasteiger partial charge in [0.05, 0.1) is 0 Å². The molecular weight excluding hydrogens is 198 g/mol. The SMILES string of the molecule is CCC(CSC)NC1CCSCC1. The molecule has 0 aromatic carbocycles. The van der Waals surface area contributed by atoms with Gasteiger partial charge >= 0.3 is 0 Å². The summed E-state index contributed by atoms with van der Waals surface area (Å²) in [6.07, 6.45) is 6.21. The molecule has 13 heavy (non-hydrogen) atoms. The summed E-state index contributed by atoms with van der Waals surface area (Å²) in [5.74, 6) is 3.97. The zero-order valence-electron chi connectivity index (χ0n) is 8.71. The number of hydrogen-bond donors (Lipinski definition) is 1. The van der Waals surface area contributed by atoms with Crippen LogP contribution in [0.5, 0.6) is 0 Å². The summed E-state index contributed by atoms with van der Waals surface area (Å²) in [6, 6.07) is 1.54. The van der Waals surface area contributed by atoms with Crippen LogP contribution in [0, 0.1) is 0 Å². The highest BCUT2D eigenvalue weighted by atomic mass is 32.2. The Labute approximate surface area is 90.8 Å². The zero-order valence-corrected chi connectivity index (χ0v) is 10.3. The quantitative estimate of drug-likeness (QED) is 0.763. The molecule has 1 rings (SSSR count). The molecule has 1 aliphatic heterocycles. The van der Waals surface area contributed by atoms with Gasteiger partial charge in [0.1, 0.15) is 0 Å². The van der Waals surface area contributed by atoms with Crippen LogP contribution in [0.2, 0.25) is 0 Å². The van der Waals surface area contributed by atoms with Crippen LogP contribution in [0.15, 0.2) is 0 Å². The molecule has 0 saturated carbocycles. The van der Waals surface area contributed by atoms with Gasteiger partial charge in [-0.3, -0.25) is 0 Å². The molecule has 3 heteroatoms. The lowest BCUT2D eigenvalue weighted by Crippen LogP contribution is -2.41. The maximum atomic E-state index is 3.77. The van der Waals surface area contributed by atoms with Gasteiger partial charge in [0.25, 0.3) is 0 Å². The van der Waals surface area contributed by atoms with E-state index in [0.717, 1.165) is 12.1 Å². The fourth-order valence-electron chi connectivity index (χ4n) is 1.68. The zero-order chi connectivity index (χ0) is 9.52. The normalized spacial score (nSPS) is 21.7. The predicted octanol–water partition coefficient (Wildman–Crippen LogP) is 2.61. The lowest BCUT2D eigenvalue weighted by molar-refractivity contribution is 0.420. The minimum absolute atomic E-state index is 0.739. The molecule has 1 saturated heterocycles. The molecule has 1 heterocycles. The van der Waals surface area contributed by atoms with Crippen LogP contribution in [-0.2, 0) is 0 Å². The van der Waals surface area contributed by atoms with E-state index in [1.165, 1.54) is 36.5 Å². The molecule has 1 unspecified atom stereocenters. The number of rotatable bonds is 5. The summed E-state index contributed by atoms with van der Waals surface area (Å²) >= 11 is 4.06. The summed E-state index contributed by atoms with van der Waals surface area (Å²) in [4.78, 5) is 0. The molecule has 1 atom stereocenters. The van der Waals surface area contributed by atoms with Crippen LogP contribution in [0.4, 0.5) is 0 Å². The molecule has 0 aromatic heterocycles. The van der Waals surface area contributed by atoms with Crippen LogP contribution in [0.1, 0.15) is 26.2 Å². The number of nitrogens with one attached hydrogen (secondary N) is 1. The molecule has 0 amide bonds. The third-order valence-corrected chi connectivity index (χ3v) is 4.34. The van der Waals surface area contributed by atoms with E-state index in [0.29, 0.717) is 0 Å².